The summed E-state index contributed by atoms with van der Waals surface area (Å²) in [5, 5.41) is 9.51. The Morgan fingerprint density at radius 3 is 2.48 bits per heavy atom. The molecule has 0 unspecified atom stereocenters. The Morgan fingerprint density at radius 1 is 1.24 bits per heavy atom. The number of esters is 1. The second-order valence-electron chi connectivity index (χ2n) is 6.22. The number of carbonyl (C=O) groups excluding carboxylic acids is 2. The smallest absolute Gasteiger partial charge is 0.326 e. The molecule has 8 heteroatoms. The minimum absolute atomic E-state index is 0.0651. The Morgan fingerprint density at radius 2 is 1.88 bits per heavy atom. The first-order valence-electron chi connectivity index (χ1n) is 8.30. The van der Waals surface area contributed by atoms with Crippen molar-refractivity contribution in [1.82, 2.24) is 14.9 Å². The van der Waals surface area contributed by atoms with Crippen molar-refractivity contribution in [2.75, 3.05) is 32.1 Å². The van der Waals surface area contributed by atoms with Crippen LogP contribution in [0.2, 0.25) is 0 Å². The van der Waals surface area contributed by atoms with Gasteiger partial charge in [0.2, 0.25) is 5.95 Å². The van der Waals surface area contributed by atoms with Gasteiger partial charge in [0.1, 0.15) is 12.1 Å². The van der Waals surface area contributed by atoms with E-state index in [0.29, 0.717) is 18.8 Å². The van der Waals surface area contributed by atoms with Crippen LogP contribution in [0.3, 0.4) is 0 Å². The number of amides is 1. The van der Waals surface area contributed by atoms with Gasteiger partial charge in [-0.1, -0.05) is 19.3 Å². The highest BCUT2D eigenvalue weighted by Gasteiger charge is 2.38. The van der Waals surface area contributed by atoms with Gasteiger partial charge in [-0.3, -0.25) is 9.59 Å². The summed E-state index contributed by atoms with van der Waals surface area (Å²) in [5.41, 5.74) is -0.781. The lowest BCUT2D eigenvalue weighted by atomic mass is 9.81. The summed E-state index contributed by atoms with van der Waals surface area (Å²) in [6, 6.07) is 3.96. The van der Waals surface area contributed by atoms with Crippen molar-refractivity contribution in [3.05, 3.63) is 18.5 Å². The molecule has 8 nitrogen and oxygen atoms in total. The van der Waals surface area contributed by atoms with Crippen LogP contribution in [0.4, 0.5) is 5.95 Å². The third kappa shape index (κ3) is 4.66. The average Bonchev–Trinajstić information content (AvgIpc) is 2.66. The summed E-state index contributed by atoms with van der Waals surface area (Å²) < 4.78 is 5.06. The van der Waals surface area contributed by atoms with Gasteiger partial charge in [0, 0.05) is 26.5 Å². The molecular weight excluding hydrogens is 322 g/mol. The van der Waals surface area contributed by atoms with Gasteiger partial charge in [-0.25, -0.2) is 9.97 Å². The molecule has 1 fully saturated rings. The molecule has 0 aliphatic heterocycles. The molecule has 1 aromatic rings. The third-order valence-corrected chi connectivity index (χ3v) is 4.52. The van der Waals surface area contributed by atoms with E-state index in [9.17, 15) is 14.9 Å². The summed E-state index contributed by atoms with van der Waals surface area (Å²) in [6.45, 7) is -0.438. The van der Waals surface area contributed by atoms with Crippen LogP contribution in [0.15, 0.2) is 18.5 Å². The topological polar surface area (TPSA) is 99.4 Å². The average molecular weight is 345 g/mol. The molecule has 1 aliphatic carbocycles. The van der Waals surface area contributed by atoms with Crippen LogP contribution in [-0.2, 0) is 14.3 Å². The Hall–Kier alpha value is -2.69. The number of carbonyl (C=O) groups is 2. The summed E-state index contributed by atoms with van der Waals surface area (Å²) in [6.07, 6.45) is 7.40. The highest BCUT2D eigenvalue weighted by molar-refractivity contribution is 5.82. The zero-order valence-corrected chi connectivity index (χ0v) is 14.6. The molecule has 1 saturated carbocycles. The maximum absolute atomic E-state index is 12.3. The first-order valence-corrected chi connectivity index (χ1v) is 8.30. The van der Waals surface area contributed by atoms with Crippen molar-refractivity contribution >= 4 is 17.8 Å². The summed E-state index contributed by atoms with van der Waals surface area (Å²) in [7, 11) is 3.27. The lowest BCUT2D eigenvalue weighted by Gasteiger charge is -2.38. The maximum Gasteiger partial charge on any atom is 0.326 e. The summed E-state index contributed by atoms with van der Waals surface area (Å²) >= 11 is 0. The van der Waals surface area contributed by atoms with E-state index >= 15 is 0 Å². The molecule has 0 bridgehead atoms. The van der Waals surface area contributed by atoms with Crippen LogP contribution >= 0.6 is 0 Å². The standard InChI is InChI=1S/C17H23N5O3/c1-21(16-19-9-6-10-20-16)11-15(24)25-12-14(23)22(2)17(13-18)7-4-3-5-8-17/h6,9-10H,3-5,7-8,11-12H2,1-2H3. The monoisotopic (exact) mass is 345 g/mol. The predicted molar refractivity (Wildman–Crippen MR) is 90.5 cm³/mol. The van der Waals surface area contributed by atoms with Gasteiger partial charge in [0.25, 0.3) is 5.91 Å². The van der Waals surface area contributed by atoms with E-state index in [1.165, 1.54) is 9.80 Å². The molecule has 1 aliphatic rings. The minimum atomic E-state index is -0.781. The maximum atomic E-state index is 12.3. The SMILES string of the molecule is CN(CC(=O)OCC(=O)N(C)C1(C#N)CCCCC1)c1ncccn1. The Kier molecular flexibility index (Phi) is 6.28. The van der Waals surface area contributed by atoms with Gasteiger partial charge < -0.3 is 14.5 Å². The van der Waals surface area contributed by atoms with Gasteiger partial charge >= 0.3 is 5.97 Å². The van der Waals surface area contributed by atoms with E-state index in [4.69, 9.17) is 4.74 Å². The van der Waals surface area contributed by atoms with Crippen molar-refractivity contribution < 1.29 is 14.3 Å². The van der Waals surface area contributed by atoms with Gasteiger partial charge in [-0.2, -0.15) is 5.26 Å². The molecule has 0 radical (unpaired) electrons. The number of anilines is 1. The molecule has 2 rings (SSSR count). The van der Waals surface area contributed by atoms with E-state index < -0.39 is 11.5 Å². The van der Waals surface area contributed by atoms with E-state index in [2.05, 4.69) is 16.0 Å². The molecule has 134 valence electrons. The number of hydrogen-bond acceptors (Lipinski definition) is 7. The first kappa shape index (κ1) is 18.6. The van der Waals surface area contributed by atoms with Crippen molar-refractivity contribution in [1.29, 1.82) is 5.26 Å². The molecule has 25 heavy (non-hydrogen) atoms. The van der Waals surface area contributed by atoms with Crippen LogP contribution < -0.4 is 4.90 Å². The zero-order chi connectivity index (χ0) is 18.3. The van der Waals surface area contributed by atoms with Crippen LogP contribution in [0.1, 0.15) is 32.1 Å². The summed E-state index contributed by atoms with van der Waals surface area (Å²) in [4.78, 5) is 35.3. The Bertz CT molecular complexity index is 637. The lowest BCUT2D eigenvalue weighted by molar-refractivity contribution is -0.152. The van der Waals surface area contributed by atoms with E-state index in [-0.39, 0.29) is 19.1 Å². The highest BCUT2D eigenvalue weighted by atomic mass is 16.5. The number of likely N-dealkylation sites (N-methyl/N-ethyl adjacent to an activating group) is 2. The molecule has 1 heterocycles. The number of rotatable bonds is 6. The highest BCUT2D eigenvalue weighted by Crippen LogP contribution is 2.32. The number of nitriles is 1. The molecule has 0 spiro atoms. The minimum Gasteiger partial charge on any atom is -0.454 e. The number of nitrogens with zero attached hydrogens (tertiary/aromatic N) is 5. The van der Waals surface area contributed by atoms with Crippen molar-refractivity contribution in [3.63, 3.8) is 0 Å². The zero-order valence-electron chi connectivity index (χ0n) is 14.6. The van der Waals surface area contributed by atoms with Gasteiger partial charge in [0.15, 0.2) is 6.61 Å². The lowest BCUT2D eigenvalue weighted by Crippen LogP contribution is -2.51. The molecule has 0 atom stereocenters. The third-order valence-electron chi connectivity index (χ3n) is 4.52. The van der Waals surface area contributed by atoms with Gasteiger partial charge in [-0.05, 0) is 18.9 Å². The van der Waals surface area contributed by atoms with Crippen molar-refractivity contribution in [2.24, 2.45) is 0 Å². The van der Waals surface area contributed by atoms with Crippen LogP contribution in [0, 0.1) is 11.3 Å². The fourth-order valence-electron chi connectivity index (χ4n) is 2.93. The number of ether oxygens (including phenoxy) is 1. The molecule has 1 amide bonds. The Labute approximate surface area is 147 Å². The quantitative estimate of drug-likeness (QED) is 0.713. The van der Waals surface area contributed by atoms with Crippen molar-refractivity contribution in [3.8, 4) is 6.07 Å². The van der Waals surface area contributed by atoms with Crippen LogP contribution in [-0.4, -0.2) is 59.5 Å². The van der Waals surface area contributed by atoms with Crippen LogP contribution in [0.25, 0.3) is 0 Å². The normalized spacial score (nSPS) is 15.7. The van der Waals surface area contributed by atoms with Crippen LogP contribution in [0.5, 0.6) is 0 Å². The largest absolute Gasteiger partial charge is 0.454 e. The van der Waals surface area contributed by atoms with E-state index in [0.717, 1.165) is 19.3 Å². The molecular formula is C17H23N5O3. The van der Waals surface area contributed by atoms with Crippen molar-refractivity contribution in [2.45, 2.75) is 37.6 Å². The second-order valence-corrected chi connectivity index (χ2v) is 6.22. The fourth-order valence-corrected chi connectivity index (χ4v) is 2.93. The first-order chi connectivity index (χ1) is 12.0. The van der Waals surface area contributed by atoms with E-state index in [1.54, 1.807) is 32.6 Å². The molecule has 1 aromatic heterocycles. The predicted octanol–water partition coefficient (Wildman–Crippen LogP) is 1.14. The van der Waals surface area contributed by atoms with Gasteiger partial charge in [-0.15, -0.1) is 0 Å². The second kappa shape index (κ2) is 8.42. The summed E-state index contributed by atoms with van der Waals surface area (Å²) in [5.74, 6) is -0.518. The van der Waals surface area contributed by atoms with Gasteiger partial charge in [0.05, 0.1) is 6.07 Å². The van der Waals surface area contributed by atoms with E-state index in [1.807, 2.05) is 0 Å². The molecule has 0 saturated heterocycles. The Balaban J connectivity index is 1.84. The molecule has 0 aromatic carbocycles. The molecule has 0 N–H and O–H groups in total. The number of hydrogen-bond donors (Lipinski definition) is 0. The number of aromatic nitrogens is 2. The fraction of sp³-hybridized carbons (Fsp3) is 0.588.